The van der Waals surface area contributed by atoms with E-state index in [2.05, 4.69) is 10.6 Å². The van der Waals surface area contributed by atoms with E-state index in [4.69, 9.17) is 4.74 Å². The normalized spacial score (nSPS) is 41.6. The summed E-state index contributed by atoms with van der Waals surface area (Å²) in [5, 5.41) is 6.62. The Morgan fingerprint density at radius 2 is 1.77 bits per heavy atom. The summed E-state index contributed by atoms with van der Waals surface area (Å²) in [6.45, 7) is 0. The van der Waals surface area contributed by atoms with Crippen LogP contribution in [0.4, 0.5) is 8.78 Å². The Bertz CT molecular complexity index is 399. The number of nitrogens with one attached hydrogen (secondary N) is 2. The van der Waals surface area contributed by atoms with Crippen molar-refractivity contribution in [2.45, 2.75) is 81.5 Å². The monoisotopic (exact) mass is 316 g/mol. The summed E-state index contributed by atoms with van der Waals surface area (Å²) in [7, 11) is 1.36. The van der Waals surface area contributed by atoms with Crippen LogP contribution in [-0.4, -0.2) is 43.2 Å². The molecule has 2 N–H and O–H groups in total. The van der Waals surface area contributed by atoms with E-state index >= 15 is 0 Å². The fourth-order valence-electron chi connectivity index (χ4n) is 4.35. The molecule has 0 aromatic heterocycles. The lowest BCUT2D eigenvalue weighted by Gasteiger charge is -2.39. The van der Waals surface area contributed by atoms with Gasteiger partial charge >= 0.3 is 0 Å². The number of piperidine rings is 1. The fourth-order valence-corrected chi connectivity index (χ4v) is 4.35. The van der Waals surface area contributed by atoms with Gasteiger partial charge in [0.25, 0.3) is 6.43 Å². The van der Waals surface area contributed by atoms with Crippen LogP contribution in [0.1, 0.15) is 51.4 Å². The average molecular weight is 316 g/mol. The van der Waals surface area contributed by atoms with Gasteiger partial charge in [-0.3, -0.25) is 4.79 Å². The Morgan fingerprint density at radius 1 is 1.18 bits per heavy atom. The predicted octanol–water partition coefficient (Wildman–Crippen LogP) is 2.23. The van der Waals surface area contributed by atoms with E-state index in [1.54, 1.807) is 0 Å². The van der Waals surface area contributed by atoms with E-state index in [1.165, 1.54) is 20.0 Å². The van der Waals surface area contributed by atoms with Crippen LogP contribution in [0.5, 0.6) is 0 Å². The Hall–Kier alpha value is -0.750. The molecule has 2 unspecified atom stereocenters. The van der Waals surface area contributed by atoms with Gasteiger partial charge in [-0.25, -0.2) is 8.78 Å². The van der Waals surface area contributed by atoms with E-state index in [0.29, 0.717) is 37.8 Å². The molecule has 2 heterocycles. The summed E-state index contributed by atoms with van der Waals surface area (Å²) in [5.41, 5.74) is -1.31. The van der Waals surface area contributed by atoms with Crippen LogP contribution in [0, 0.1) is 5.92 Å². The minimum Gasteiger partial charge on any atom is -0.372 e. The van der Waals surface area contributed by atoms with Gasteiger partial charge < -0.3 is 15.4 Å². The molecule has 126 valence electrons. The number of hydrogen-bond acceptors (Lipinski definition) is 3. The quantitative estimate of drug-likeness (QED) is 0.836. The first kappa shape index (κ1) is 16.1. The van der Waals surface area contributed by atoms with Crippen LogP contribution >= 0.6 is 0 Å². The lowest BCUT2D eigenvalue weighted by atomic mass is 9.81. The summed E-state index contributed by atoms with van der Waals surface area (Å²) in [6, 6.07) is 0.990. The van der Waals surface area contributed by atoms with Gasteiger partial charge in [0.1, 0.15) is 5.60 Å². The highest BCUT2D eigenvalue weighted by Crippen LogP contribution is 2.37. The third-order valence-corrected chi connectivity index (χ3v) is 5.83. The molecule has 4 nitrogen and oxygen atoms in total. The highest BCUT2D eigenvalue weighted by molar-refractivity contribution is 5.79. The summed E-state index contributed by atoms with van der Waals surface area (Å²) in [6.07, 6.45) is 3.46. The van der Waals surface area contributed by atoms with Gasteiger partial charge in [-0.15, -0.1) is 0 Å². The average Bonchev–Trinajstić information content (AvgIpc) is 2.86. The molecule has 3 rings (SSSR count). The van der Waals surface area contributed by atoms with Crippen LogP contribution in [0.25, 0.3) is 0 Å². The van der Waals surface area contributed by atoms with Crippen LogP contribution in [-0.2, 0) is 9.53 Å². The molecule has 3 fully saturated rings. The Morgan fingerprint density at radius 3 is 2.27 bits per heavy atom. The predicted molar refractivity (Wildman–Crippen MR) is 78.8 cm³/mol. The van der Waals surface area contributed by atoms with Gasteiger partial charge in [-0.05, 0) is 51.4 Å². The SMILES string of the molecule is COC1(C(F)F)CCC(NC(=O)C2CC3CCC(C2)N3)CC1. The second kappa shape index (κ2) is 6.40. The molecule has 2 saturated heterocycles. The number of carbonyl (C=O) groups excluding carboxylic acids is 1. The smallest absolute Gasteiger partial charge is 0.267 e. The second-order valence-electron chi connectivity index (χ2n) is 7.16. The van der Waals surface area contributed by atoms with Crippen LogP contribution in [0.15, 0.2) is 0 Å². The molecule has 0 spiro atoms. The summed E-state index contributed by atoms with van der Waals surface area (Å²) >= 11 is 0. The highest BCUT2D eigenvalue weighted by Gasteiger charge is 2.44. The largest absolute Gasteiger partial charge is 0.372 e. The first-order valence-corrected chi connectivity index (χ1v) is 8.42. The van der Waals surface area contributed by atoms with Crippen molar-refractivity contribution in [3.8, 4) is 0 Å². The number of carbonyl (C=O) groups is 1. The van der Waals surface area contributed by atoms with Gasteiger partial charge in [0.2, 0.25) is 5.91 Å². The molecule has 0 aromatic rings. The van der Waals surface area contributed by atoms with E-state index < -0.39 is 12.0 Å². The first-order chi connectivity index (χ1) is 10.5. The summed E-state index contributed by atoms with van der Waals surface area (Å²) < 4.78 is 31.3. The zero-order valence-electron chi connectivity index (χ0n) is 13.1. The number of alkyl halides is 2. The Labute approximate surface area is 130 Å². The van der Waals surface area contributed by atoms with Crippen molar-refractivity contribution in [1.29, 1.82) is 0 Å². The lowest BCUT2D eigenvalue weighted by molar-refractivity contribution is -0.145. The molecule has 6 heteroatoms. The number of hydrogen-bond donors (Lipinski definition) is 2. The van der Waals surface area contributed by atoms with Crippen LogP contribution in [0.3, 0.4) is 0 Å². The lowest BCUT2D eigenvalue weighted by Crippen LogP contribution is -2.50. The van der Waals surface area contributed by atoms with Crippen LogP contribution in [0.2, 0.25) is 0 Å². The highest BCUT2D eigenvalue weighted by atomic mass is 19.3. The molecule has 1 amide bonds. The van der Waals surface area contributed by atoms with Gasteiger partial charge in [0, 0.05) is 31.2 Å². The number of rotatable bonds is 4. The number of halogens is 2. The summed E-state index contributed by atoms with van der Waals surface area (Å²) in [4.78, 5) is 12.4. The van der Waals surface area contributed by atoms with Gasteiger partial charge in [0.15, 0.2) is 0 Å². The molecular weight excluding hydrogens is 290 g/mol. The summed E-state index contributed by atoms with van der Waals surface area (Å²) in [5.74, 6) is 0.202. The Kier molecular flexibility index (Phi) is 4.69. The van der Waals surface area contributed by atoms with E-state index in [-0.39, 0.29) is 17.9 Å². The van der Waals surface area contributed by atoms with Crippen molar-refractivity contribution in [2.75, 3.05) is 7.11 Å². The Balaban J connectivity index is 1.49. The fraction of sp³-hybridized carbons (Fsp3) is 0.938. The van der Waals surface area contributed by atoms with Crippen LogP contribution < -0.4 is 10.6 Å². The first-order valence-electron chi connectivity index (χ1n) is 8.42. The maximum Gasteiger partial charge on any atom is 0.267 e. The molecule has 1 saturated carbocycles. The van der Waals surface area contributed by atoms with E-state index in [0.717, 1.165) is 12.8 Å². The van der Waals surface area contributed by atoms with Crippen molar-refractivity contribution in [2.24, 2.45) is 5.92 Å². The second-order valence-corrected chi connectivity index (χ2v) is 7.16. The number of ether oxygens (including phenoxy) is 1. The molecular formula is C16H26F2N2O2. The number of amides is 1. The topological polar surface area (TPSA) is 50.4 Å². The van der Waals surface area contributed by atoms with E-state index in [1.807, 2.05) is 0 Å². The van der Waals surface area contributed by atoms with Gasteiger partial charge in [-0.2, -0.15) is 0 Å². The number of methoxy groups -OCH3 is 1. The molecule has 2 bridgehead atoms. The third kappa shape index (κ3) is 3.13. The van der Waals surface area contributed by atoms with Gasteiger partial charge in [0.05, 0.1) is 0 Å². The molecule has 22 heavy (non-hydrogen) atoms. The maximum absolute atomic E-state index is 13.1. The molecule has 0 radical (unpaired) electrons. The van der Waals surface area contributed by atoms with Crippen molar-refractivity contribution in [3.05, 3.63) is 0 Å². The van der Waals surface area contributed by atoms with Crippen molar-refractivity contribution in [1.82, 2.24) is 10.6 Å². The zero-order chi connectivity index (χ0) is 15.7. The van der Waals surface area contributed by atoms with Crippen molar-refractivity contribution < 1.29 is 18.3 Å². The third-order valence-electron chi connectivity index (χ3n) is 5.83. The van der Waals surface area contributed by atoms with E-state index in [9.17, 15) is 13.6 Å². The van der Waals surface area contributed by atoms with Gasteiger partial charge in [-0.1, -0.05) is 0 Å². The van der Waals surface area contributed by atoms with Crippen molar-refractivity contribution >= 4 is 5.91 Å². The molecule has 2 atom stereocenters. The standard InChI is InChI=1S/C16H26F2N2O2/c1-22-16(15(17)18)6-4-11(5-7-16)20-14(21)10-8-12-2-3-13(9-10)19-12/h10-13,15,19H,2-9H2,1H3,(H,20,21). The molecule has 0 aromatic carbocycles. The molecule has 3 aliphatic rings. The maximum atomic E-state index is 13.1. The van der Waals surface area contributed by atoms with Crippen molar-refractivity contribution in [3.63, 3.8) is 0 Å². The minimum absolute atomic E-state index is 0.0158. The minimum atomic E-state index is -2.46. The zero-order valence-corrected chi connectivity index (χ0v) is 13.1. The number of fused-ring (bicyclic) bond motifs is 2. The molecule has 1 aliphatic carbocycles. The molecule has 2 aliphatic heterocycles.